The van der Waals surface area contributed by atoms with Crippen LogP contribution in [-0.4, -0.2) is 15.8 Å². The van der Waals surface area contributed by atoms with Crippen LogP contribution in [-0.2, 0) is 13.2 Å². The van der Waals surface area contributed by atoms with Crippen LogP contribution >= 0.6 is 11.6 Å². The topological polar surface area (TPSA) is 72.6 Å². The highest BCUT2D eigenvalue weighted by molar-refractivity contribution is 6.32. The van der Waals surface area contributed by atoms with E-state index >= 15 is 0 Å². The van der Waals surface area contributed by atoms with Crippen molar-refractivity contribution in [1.82, 2.24) is 9.88 Å². The van der Waals surface area contributed by atoms with E-state index in [-0.39, 0.29) is 23.6 Å². The monoisotopic (exact) mass is 522 g/mol. The zero-order valence-corrected chi connectivity index (χ0v) is 21.3. The predicted molar refractivity (Wildman–Crippen MR) is 145 cm³/mol. The van der Waals surface area contributed by atoms with Crippen molar-refractivity contribution in [1.29, 1.82) is 0 Å². The fourth-order valence-electron chi connectivity index (χ4n) is 4.85. The van der Waals surface area contributed by atoms with Crippen LogP contribution < -0.4 is 10.2 Å². The van der Waals surface area contributed by atoms with E-state index in [0.29, 0.717) is 33.9 Å². The molecule has 6 nitrogen and oxygen atoms in total. The Balaban J connectivity index is 1.46. The second-order valence-electron chi connectivity index (χ2n) is 9.32. The lowest BCUT2D eigenvalue weighted by Gasteiger charge is -2.25. The van der Waals surface area contributed by atoms with Gasteiger partial charge in [-0.1, -0.05) is 60.1 Å². The van der Waals surface area contributed by atoms with Crippen LogP contribution in [0.4, 0.5) is 0 Å². The van der Waals surface area contributed by atoms with E-state index < -0.39 is 6.04 Å². The van der Waals surface area contributed by atoms with Crippen molar-refractivity contribution in [2.75, 3.05) is 0 Å². The minimum atomic E-state index is -0.668. The van der Waals surface area contributed by atoms with Crippen molar-refractivity contribution >= 4 is 28.5 Å². The van der Waals surface area contributed by atoms with Crippen LogP contribution in [0.25, 0.3) is 11.0 Å². The SMILES string of the molecule is Cc1cc2oc3c(c(=O)c2cc1Cl)C(c1cccc(OCc2ccccc2)c1)N(Cc1cccnc1)C3=O. The largest absolute Gasteiger partial charge is 0.489 e. The predicted octanol–water partition coefficient (Wildman–Crippen LogP) is 6.47. The summed E-state index contributed by atoms with van der Waals surface area (Å²) in [5.41, 5.74) is 3.75. The Morgan fingerprint density at radius 1 is 0.974 bits per heavy atom. The van der Waals surface area contributed by atoms with Crippen LogP contribution in [0.2, 0.25) is 5.02 Å². The first-order valence-electron chi connectivity index (χ1n) is 12.2. The lowest BCUT2D eigenvalue weighted by Crippen LogP contribution is -2.29. The van der Waals surface area contributed by atoms with Gasteiger partial charge in [-0.15, -0.1) is 0 Å². The molecule has 1 aliphatic heterocycles. The van der Waals surface area contributed by atoms with E-state index in [1.54, 1.807) is 29.4 Å². The number of amides is 1. The molecule has 7 heteroatoms. The van der Waals surface area contributed by atoms with Crippen LogP contribution in [0.15, 0.2) is 100 Å². The summed E-state index contributed by atoms with van der Waals surface area (Å²) in [5, 5.41) is 0.811. The van der Waals surface area contributed by atoms with Gasteiger partial charge in [0.2, 0.25) is 5.76 Å². The molecule has 1 atom stereocenters. The Hall–Kier alpha value is -4.42. The molecule has 0 saturated heterocycles. The number of fused-ring (bicyclic) bond motifs is 2. The molecule has 1 aliphatic rings. The van der Waals surface area contributed by atoms with Crippen LogP contribution in [0.1, 0.15) is 44.4 Å². The number of halogens is 1. The number of aromatic nitrogens is 1. The van der Waals surface area contributed by atoms with Gasteiger partial charge in [0.1, 0.15) is 17.9 Å². The highest BCUT2D eigenvalue weighted by Crippen LogP contribution is 2.40. The van der Waals surface area contributed by atoms with E-state index in [1.807, 2.05) is 73.7 Å². The van der Waals surface area contributed by atoms with Crippen molar-refractivity contribution in [3.05, 3.63) is 140 Å². The fraction of sp³-hybridized carbons (Fsp3) is 0.129. The van der Waals surface area contributed by atoms with Gasteiger partial charge < -0.3 is 14.1 Å². The van der Waals surface area contributed by atoms with Crippen molar-refractivity contribution in [3.8, 4) is 5.75 Å². The van der Waals surface area contributed by atoms with Crippen molar-refractivity contribution in [2.24, 2.45) is 0 Å². The average Bonchev–Trinajstić information content (AvgIpc) is 3.21. The summed E-state index contributed by atoms with van der Waals surface area (Å²) >= 11 is 6.35. The van der Waals surface area contributed by atoms with Gasteiger partial charge in [-0.3, -0.25) is 14.6 Å². The van der Waals surface area contributed by atoms with Gasteiger partial charge in [0, 0.05) is 24.0 Å². The summed E-state index contributed by atoms with van der Waals surface area (Å²) in [4.78, 5) is 33.4. The second-order valence-corrected chi connectivity index (χ2v) is 9.72. The third-order valence-corrected chi connectivity index (χ3v) is 7.15. The molecule has 0 bridgehead atoms. The maximum Gasteiger partial charge on any atom is 0.291 e. The molecule has 1 amide bonds. The Kier molecular flexibility index (Phi) is 6.18. The molecular formula is C31H23ClN2O4. The number of benzene rings is 3. The number of pyridine rings is 1. The Labute approximate surface area is 224 Å². The quantitative estimate of drug-likeness (QED) is 0.255. The molecule has 0 saturated carbocycles. The van der Waals surface area contributed by atoms with Gasteiger partial charge in [-0.25, -0.2) is 0 Å². The van der Waals surface area contributed by atoms with Crippen LogP contribution in [0.5, 0.6) is 5.75 Å². The number of rotatable bonds is 6. The molecule has 0 radical (unpaired) electrons. The molecule has 38 heavy (non-hydrogen) atoms. The maximum atomic E-state index is 13.9. The van der Waals surface area contributed by atoms with E-state index in [1.165, 1.54) is 0 Å². The summed E-state index contributed by atoms with van der Waals surface area (Å²) < 4.78 is 12.1. The van der Waals surface area contributed by atoms with Crippen molar-refractivity contribution in [3.63, 3.8) is 0 Å². The Bertz CT molecular complexity index is 1720. The van der Waals surface area contributed by atoms with E-state index in [9.17, 15) is 9.59 Å². The minimum Gasteiger partial charge on any atom is -0.489 e. The molecule has 3 aromatic carbocycles. The number of hydrogen-bond donors (Lipinski definition) is 0. The van der Waals surface area contributed by atoms with Gasteiger partial charge >= 0.3 is 0 Å². The number of hydrogen-bond acceptors (Lipinski definition) is 5. The van der Waals surface area contributed by atoms with Crippen LogP contribution in [0, 0.1) is 6.92 Å². The molecule has 0 N–H and O–H groups in total. The number of aryl methyl sites for hydroxylation is 1. The first-order chi connectivity index (χ1) is 18.5. The Morgan fingerprint density at radius 2 is 1.79 bits per heavy atom. The van der Waals surface area contributed by atoms with Gasteiger partial charge in [-0.05, 0) is 59.5 Å². The Morgan fingerprint density at radius 3 is 2.58 bits per heavy atom. The number of carbonyl (C=O) groups excluding carboxylic acids is 1. The minimum absolute atomic E-state index is 0.0497. The summed E-state index contributed by atoms with van der Waals surface area (Å²) in [6.45, 7) is 2.48. The smallest absolute Gasteiger partial charge is 0.291 e. The standard InChI is InChI=1S/C31H23ClN2O4/c1-19-13-26-24(15-25(19)32)29(35)27-28(34(31(36)30(27)38-26)17-21-9-6-12-33-16-21)22-10-5-11-23(14-22)37-18-20-7-3-2-4-8-20/h2-16,28H,17-18H2,1H3. The first kappa shape index (κ1) is 23.9. The van der Waals surface area contributed by atoms with Crippen LogP contribution in [0.3, 0.4) is 0 Å². The highest BCUT2D eigenvalue weighted by Gasteiger charge is 2.43. The molecular weight excluding hydrogens is 500 g/mol. The molecule has 2 aromatic heterocycles. The lowest BCUT2D eigenvalue weighted by atomic mass is 9.98. The molecule has 1 unspecified atom stereocenters. The zero-order valence-electron chi connectivity index (χ0n) is 20.6. The average molecular weight is 523 g/mol. The number of nitrogens with zero attached hydrogens (tertiary/aromatic N) is 2. The molecule has 6 rings (SSSR count). The molecule has 0 spiro atoms. The highest BCUT2D eigenvalue weighted by atomic mass is 35.5. The van der Waals surface area contributed by atoms with Gasteiger partial charge in [-0.2, -0.15) is 0 Å². The van der Waals surface area contributed by atoms with Crippen molar-refractivity contribution < 1.29 is 13.9 Å². The molecule has 188 valence electrons. The summed E-state index contributed by atoms with van der Waals surface area (Å²) in [5.74, 6) is 0.335. The third kappa shape index (κ3) is 4.33. The zero-order chi connectivity index (χ0) is 26.2. The van der Waals surface area contributed by atoms with E-state index in [0.717, 1.165) is 22.3 Å². The van der Waals surface area contributed by atoms with Gasteiger partial charge in [0.25, 0.3) is 5.91 Å². The van der Waals surface area contributed by atoms with E-state index in [2.05, 4.69) is 4.98 Å². The first-order valence-corrected chi connectivity index (χ1v) is 12.6. The fourth-order valence-corrected chi connectivity index (χ4v) is 5.02. The molecule has 0 aliphatic carbocycles. The van der Waals surface area contributed by atoms with Crippen molar-refractivity contribution in [2.45, 2.75) is 26.1 Å². The number of carbonyl (C=O) groups is 1. The molecule has 0 fully saturated rings. The summed E-state index contributed by atoms with van der Waals surface area (Å²) in [6.07, 6.45) is 3.39. The van der Waals surface area contributed by atoms with E-state index in [4.69, 9.17) is 20.8 Å². The maximum absolute atomic E-state index is 13.9. The summed E-state index contributed by atoms with van der Waals surface area (Å²) in [6, 6.07) is 23.7. The second kappa shape index (κ2) is 9.80. The molecule has 3 heterocycles. The normalized spacial score (nSPS) is 14.6. The molecule has 5 aromatic rings. The third-order valence-electron chi connectivity index (χ3n) is 6.74. The van der Waals surface area contributed by atoms with Gasteiger partial charge in [0.05, 0.1) is 17.0 Å². The number of ether oxygens (including phenoxy) is 1. The lowest BCUT2D eigenvalue weighted by molar-refractivity contribution is 0.0714. The van der Waals surface area contributed by atoms with Gasteiger partial charge in [0.15, 0.2) is 5.43 Å². The summed E-state index contributed by atoms with van der Waals surface area (Å²) in [7, 11) is 0.